The van der Waals surface area contributed by atoms with Crippen molar-refractivity contribution in [3.05, 3.63) is 17.1 Å². The van der Waals surface area contributed by atoms with Crippen LogP contribution in [-0.4, -0.2) is 21.5 Å². The SMILES string of the molecule is CCNCc1c(C)oc(C)c1S(=O)(=O)NCC(C)(C)C. The Bertz CT molecular complexity index is 554. The summed E-state index contributed by atoms with van der Waals surface area (Å²) in [5.74, 6) is 1.09. The van der Waals surface area contributed by atoms with Crippen molar-refractivity contribution in [2.75, 3.05) is 13.1 Å². The van der Waals surface area contributed by atoms with Crippen molar-refractivity contribution in [3.8, 4) is 0 Å². The minimum absolute atomic E-state index is 0.110. The van der Waals surface area contributed by atoms with Gasteiger partial charge in [0, 0.05) is 18.7 Å². The fraction of sp³-hybridized carbons (Fsp3) is 0.714. The van der Waals surface area contributed by atoms with E-state index in [0.717, 1.165) is 6.54 Å². The monoisotopic (exact) mass is 302 g/mol. The van der Waals surface area contributed by atoms with Crippen molar-refractivity contribution in [1.82, 2.24) is 10.0 Å². The van der Waals surface area contributed by atoms with Crippen molar-refractivity contribution in [3.63, 3.8) is 0 Å². The van der Waals surface area contributed by atoms with Crippen molar-refractivity contribution in [2.45, 2.75) is 53.0 Å². The highest BCUT2D eigenvalue weighted by Crippen LogP contribution is 2.27. The van der Waals surface area contributed by atoms with Gasteiger partial charge in [0.1, 0.15) is 16.4 Å². The normalized spacial score (nSPS) is 12.9. The van der Waals surface area contributed by atoms with Crippen LogP contribution in [-0.2, 0) is 16.6 Å². The Morgan fingerprint density at radius 1 is 1.15 bits per heavy atom. The molecule has 0 spiro atoms. The fourth-order valence-electron chi connectivity index (χ4n) is 1.90. The average molecular weight is 302 g/mol. The van der Waals surface area contributed by atoms with Gasteiger partial charge >= 0.3 is 0 Å². The quantitative estimate of drug-likeness (QED) is 0.846. The van der Waals surface area contributed by atoms with Gasteiger partial charge in [-0.15, -0.1) is 0 Å². The van der Waals surface area contributed by atoms with Crippen LogP contribution in [0.3, 0.4) is 0 Å². The molecule has 0 aliphatic rings. The zero-order valence-corrected chi connectivity index (χ0v) is 14.1. The van der Waals surface area contributed by atoms with E-state index < -0.39 is 10.0 Å². The van der Waals surface area contributed by atoms with Gasteiger partial charge < -0.3 is 9.73 Å². The average Bonchev–Trinajstić information content (AvgIpc) is 2.58. The Morgan fingerprint density at radius 3 is 2.25 bits per heavy atom. The second kappa shape index (κ2) is 6.28. The lowest BCUT2D eigenvalue weighted by Gasteiger charge is -2.19. The molecule has 1 rings (SSSR count). The number of hydrogen-bond acceptors (Lipinski definition) is 4. The molecule has 0 amide bonds. The lowest BCUT2D eigenvalue weighted by molar-refractivity contribution is 0.407. The molecule has 20 heavy (non-hydrogen) atoms. The van der Waals surface area contributed by atoms with E-state index in [-0.39, 0.29) is 10.3 Å². The van der Waals surface area contributed by atoms with Gasteiger partial charge in [0.2, 0.25) is 10.0 Å². The first kappa shape index (κ1) is 17.2. The maximum atomic E-state index is 12.5. The Morgan fingerprint density at radius 2 is 1.75 bits per heavy atom. The van der Waals surface area contributed by atoms with Gasteiger partial charge in [-0.25, -0.2) is 13.1 Å². The zero-order chi connectivity index (χ0) is 15.6. The molecule has 0 fully saturated rings. The largest absolute Gasteiger partial charge is 0.465 e. The Hall–Kier alpha value is -0.850. The molecule has 1 heterocycles. The lowest BCUT2D eigenvalue weighted by Crippen LogP contribution is -2.33. The number of nitrogens with one attached hydrogen (secondary N) is 2. The lowest BCUT2D eigenvalue weighted by atomic mass is 9.98. The molecule has 0 saturated heterocycles. The predicted molar refractivity (Wildman–Crippen MR) is 80.2 cm³/mol. The predicted octanol–water partition coefficient (Wildman–Crippen LogP) is 2.33. The molecule has 2 N–H and O–H groups in total. The van der Waals surface area contributed by atoms with Crippen LogP contribution in [0.1, 0.15) is 44.8 Å². The smallest absolute Gasteiger partial charge is 0.244 e. The summed E-state index contributed by atoms with van der Waals surface area (Å²) in [7, 11) is -3.55. The maximum Gasteiger partial charge on any atom is 0.244 e. The molecule has 6 heteroatoms. The van der Waals surface area contributed by atoms with E-state index in [4.69, 9.17) is 4.42 Å². The molecular weight excluding hydrogens is 276 g/mol. The van der Waals surface area contributed by atoms with Gasteiger partial charge in [-0.3, -0.25) is 0 Å². The topological polar surface area (TPSA) is 71.3 Å². The van der Waals surface area contributed by atoms with Crippen LogP contribution >= 0.6 is 0 Å². The zero-order valence-electron chi connectivity index (χ0n) is 13.3. The number of rotatable bonds is 6. The van der Waals surface area contributed by atoms with Gasteiger partial charge in [0.05, 0.1) is 0 Å². The molecule has 5 nitrogen and oxygen atoms in total. The number of aryl methyl sites for hydroxylation is 2. The van der Waals surface area contributed by atoms with Gasteiger partial charge in [-0.2, -0.15) is 0 Å². The standard InChI is InChI=1S/C14H26N2O3S/c1-7-15-8-12-10(2)19-11(3)13(12)20(17,18)16-9-14(4,5)6/h15-16H,7-9H2,1-6H3. The van der Waals surface area contributed by atoms with Gasteiger partial charge in [-0.05, 0) is 25.8 Å². The van der Waals surface area contributed by atoms with Crippen molar-refractivity contribution >= 4 is 10.0 Å². The van der Waals surface area contributed by atoms with E-state index >= 15 is 0 Å². The van der Waals surface area contributed by atoms with Crippen molar-refractivity contribution in [2.24, 2.45) is 5.41 Å². The molecule has 0 atom stereocenters. The molecule has 0 aromatic carbocycles. The molecule has 1 aromatic heterocycles. The second-order valence-electron chi connectivity index (χ2n) is 6.19. The van der Waals surface area contributed by atoms with E-state index in [1.807, 2.05) is 27.7 Å². The summed E-state index contributed by atoms with van der Waals surface area (Å²) in [4.78, 5) is 0.278. The third kappa shape index (κ3) is 4.33. The molecule has 0 radical (unpaired) electrons. The van der Waals surface area contributed by atoms with E-state index in [1.165, 1.54) is 0 Å². The molecule has 0 bridgehead atoms. The first-order valence-electron chi connectivity index (χ1n) is 6.87. The van der Waals surface area contributed by atoms with Crippen LogP contribution in [0.15, 0.2) is 9.31 Å². The summed E-state index contributed by atoms with van der Waals surface area (Å²) < 4.78 is 33.2. The molecule has 0 unspecified atom stereocenters. The van der Waals surface area contributed by atoms with Crippen LogP contribution in [0.4, 0.5) is 0 Å². The number of sulfonamides is 1. The summed E-state index contributed by atoms with van der Waals surface area (Å²) in [6.45, 7) is 13.1. The Labute approximate surface area is 122 Å². The molecule has 1 aromatic rings. The van der Waals surface area contributed by atoms with Crippen molar-refractivity contribution in [1.29, 1.82) is 0 Å². The molecule has 0 aliphatic heterocycles. The third-order valence-corrected chi connectivity index (χ3v) is 4.53. The summed E-state index contributed by atoms with van der Waals surface area (Å²) in [5.41, 5.74) is 0.604. The highest BCUT2D eigenvalue weighted by molar-refractivity contribution is 7.89. The first-order chi connectivity index (χ1) is 9.08. The van der Waals surface area contributed by atoms with Gasteiger partial charge in [0.15, 0.2) is 0 Å². The van der Waals surface area contributed by atoms with E-state index in [1.54, 1.807) is 13.8 Å². The van der Waals surface area contributed by atoms with Crippen LogP contribution in [0, 0.1) is 19.3 Å². The third-order valence-electron chi connectivity index (χ3n) is 2.94. The minimum Gasteiger partial charge on any atom is -0.465 e. The summed E-state index contributed by atoms with van der Waals surface area (Å²) in [6.07, 6.45) is 0. The highest BCUT2D eigenvalue weighted by Gasteiger charge is 2.27. The summed E-state index contributed by atoms with van der Waals surface area (Å²) in [6, 6.07) is 0. The van der Waals surface area contributed by atoms with Gasteiger partial charge in [-0.1, -0.05) is 27.7 Å². The highest BCUT2D eigenvalue weighted by atomic mass is 32.2. The minimum atomic E-state index is -3.55. The van der Waals surface area contributed by atoms with E-state index in [9.17, 15) is 8.42 Å². The molecular formula is C14H26N2O3S. The molecule has 0 aliphatic carbocycles. The Balaban J connectivity index is 3.10. The first-order valence-corrected chi connectivity index (χ1v) is 8.36. The van der Waals surface area contributed by atoms with Crippen LogP contribution in [0.25, 0.3) is 0 Å². The van der Waals surface area contributed by atoms with Crippen LogP contribution in [0.2, 0.25) is 0 Å². The van der Waals surface area contributed by atoms with E-state index in [0.29, 0.717) is 30.2 Å². The number of furan rings is 1. The van der Waals surface area contributed by atoms with Crippen molar-refractivity contribution < 1.29 is 12.8 Å². The van der Waals surface area contributed by atoms with Gasteiger partial charge in [0.25, 0.3) is 0 Å². The maximum absolute atomic E-state index is 12.5. The fourth-order valence-corrected chi connectivity index (χ4v) is 3.63. The Kier molecular flexibility index (Phi) is 5.40. The van der Waals surface area contributed by atoms with Crippen LogP contribution in [0.5, 0.6) is 0 Å². The summed E-state index contributed by atoms with van der Waals surface area (Å²) in [5, 5.41) is 3.15. The summed E-state index contributed by atoms with van der Waals surface area (Å²) >= 11 is 0. The molecule has 116 valence electrons. The molecule has 0 saturated carbocycles. The second-order valence-corrected chi connectivity index (χ2v) is 7.89. The van der Waals surface area contributed by atoms with E-state index in [2.05, 4.69) is 10.0 Å². The number of hydrogen-bond donors (Lipinski definition) is 2. The van der Waals surface area contributed by atoms with Crippen LogP contribution < -0.4 is 10.0 Å².